The highest BCUT2D eigenvalue weighted by Gasteiger charge is 2.16. The summed E-state index contributed by atoms with van der Waals surface area (Å²) in [7, 11) is 0. The molecule has 0 unspecified atom stereocenters. The Kier molecular flexibility index (Phi) is 4.95. The third-order valence-electron chi connectivity index (χ3n) is 3.97. The number of nitrogens with one attached hydrogen (secondary N) is 1. The van der Waals surface area contributed by atoms with Crippen LogP contribution in [0.2, 0.25) is 0 Å². The van der Waals surface area contributed by atoms with Crippen molar-refractivity contribution in [2.24, 2.45) is 0 Å². The highest BCUT2D eigenvalue weighted by Crippen LogP contribution is 2.22. The monoisotopic (exact) mass is 344 g/mol. The number of Topliss-reactive ketones (excluding diaryl/α,β-unsaturated/α-hetero) is 1. The molecule has 0 aliphatic rings. The van der Waals surface area contributed by atoms with Gasteiger partial charge in [-0.2, -0.15) is 5.26 Å². The first-order valence-electron chi connectivity index (χ1n) is 8.04. The zero-order chi connectivity index (χ0) is 18.5. The lowest BCUT2D eigenvalue weighted by atomic mass is 10.1. The molecule has 1 N–H and O–H groups in total. The zero-order valence-electron chi connectivity index (χ0n) is 14.2. The van der Waals surface area contributed by atoms with Crippen molar-refractivity contribution in [3.63, 3.8) is 0 Å². The van der Waals surface area contributed by atoms with E-state index >= 15 is 0 Å². The fourth-order valence-electron chi connectivity index (χ4n) is 2.73. The summed E-state index contributed by atoms with van der Waals surface area (Å²) in [6.45, 7) is 1.50. The molecule has 0 amide bonds. The van der Waals surface area contributed by atoms with Crippen LogP contribution in [0.15, 0.2) is 54.6 Å². The highest BCUT2D eigenvalue weighted by atomic mass is 16.5. The van der Waals surface area contributed by atoms with Gasteiger partial charge in [0.1, 0.15) is 0 Å². The van der Waals surface area contributed by atoms with E-state index in [0.29, 0.717) is 11.1 Å². The molecule has 2 aromatic carbocycles. The molecule has 0 atom stereocenters. The lowest BCUT2D eigenvalue weighted by Crippen LogP contribution is -2.13. The predicted octanol–water partition coefficient (Wildman–Crippen LogP) is 3.79. The molecule has 1 heterocycles. The lowest BCUT2D eigenvalue weighted by molar-refractivity contribution is -0.136. The molecule has 5 nitrogen and oxygen atoms in total. The molecule has 3 aromatic rings. The van der Waals surface area contributed by atoms with Gasteiger partial charge in [0.25, 0.3) is 0 Å². The molecular weight excluding hydrogens is 328 g/mol. The van der Waals surface area contributed by atoms with Crippen LogP contribution in [0, 0.1) is 18.3 Å². The maximum atomic E-state index is 12.4. The standard InChI is InChI=1S/C21H16N2O3/c1-14-21(17-4-2-3-5-18(17)23-14)19(24)13-26-20(25)11-10-15-6-8-16(12-22)9-7-15/h2-11,23H,13H2,1H3/b11-10+. The quantitative estimate of drug-likeness (QED) is 0.434. The number of hydrogen-bond donors (Lipinski definition) is 1. The molecule has 0 aliphatic carbocycles. The molecule has 0 saturated carbocycles. The number of aromatic nitrogens is 1. The van der Waals surface area contributed by atoms with Gasteiger partial charge in [0, 0.05) is 28.2 Å². The first-order valence-corrected chi connectivity index (χ1v) is 8.04. The average molecular weight is 344 g/mol. The Balaban J connectivity index is 1.63. The largest absolute Gasteiger partial charge is 0.454 e. The van der Waals surface area contributed by atoms with Gasteiger partial charge in [-0.15, -0.1) is 0 Å². The predicted molar refractivity (Wildman–Crippen MR) is 98.5 cm³/mol. The van der Waals surface area contributed by atoms with Crippen molar-refractivity contribution in [1.82, 2.24) is 4.98 Å². The van der Waals surface area contributed by atoms with E-state index in [4.69, 9.17) is 10.00 Å². The summed E-state index contributed by atoms with van der Waals surface area (Å²) in [5.41, 5.74) is 3.48. The summed E-state index contributed by atoms with van der Waals surface area (Å²) in [4.78, 5) is 27.4. The number of carbonyl (C=O) groups excluding carboxylic acids is 2. The normalized spacial score (nSPS) is 10.8. The summed E-state index contributed by atoms with van der Waals surface area (Å²) in [6.07, 6.45) is 2.83. The number of benzene rings is 2. The van der Waals surface area contributed by atoms with E-state index < -0.39 is 5.97 Å². The van der Waals surface area contributed by atoms with Crippen molar-refractivity contribution in [3.8, 4) is 6.07 Å². The number of aromatic amines is 1. The van der Waals surface area contributed by atoms with Crippen LogP contribution in [-0.4, -0.2) is 23.3 Å². The van der Waals surface area contributed by atoms with E-state index in [1.54, 1.807) is 30.3 Å². The summed E-state index contributed by atoms with van der Waals surface area (Å²) in [6, 6.07) is 16.3. The van der Waals surface area contributed by atoms with Crippen LogP contribution >= 0.6 is 0 Å². The number of nitriles is 1. The molecule has 128 valence electrons. The van der Waals surface area contributed by atoms with Gasteiger partial charge in [0.05, 0.1) is 11.6 Å². The minimum absolute atomic E-state index is 0.250. The number of para-hydroxylation sites is 1. The van der Waals surface area contributed by atoms with Crippen LogP contribution in [0.25, 0.3) is 17.0 Å². The molecule has 0 spiro atoms. The number of carbonyl (C=O) groups is 2. The number of rotatable bonds is 5. The zero-order valence-corrected chi connectivity index (χ0v) is 14.2. The van der Waals surface area contributed by atoms with Crippen molar-refractivity contribution in [2.45, 2.75) is 6.92 Å². The van der Waals surface area contributed by atoms with E-state index in [0.717, 1.165) is 22.2 Å². The van der Waals surface area contributed by atoms with E-state index in [1.807, 2.05) is 37.3 Å². The summed E-state index contributed by atoms with van der Waals surface area (Å²) in [5.74, 6) is -0.847. The third kappa shape index (κ3) is 3.70. The second-order valence-electron chi connectivity index (χ2n) is 5.77. The third-order valence-corrected chi connectivity index (χ3v) is 3.97. The Morgan fingerprint density at radius 2 is 1.88 bits per heavy atom. The number of ether oxygens (including phenoxy) is 1. The van der Waals surface area contributed by atoms with Gasteiger partial charge in [-0.1, -0.05) is 30.3 Å². The Labute approximate surface area is 150 Å². The summed E-state index contributed by atoms with van der Waals surface area (Å²) < 4.78 is 5.06. The topological polar surface area (TPSA) is 83.0 Å². The first kappa shape index (κ1) is 17.2. The number of esters is 1. The second-order valence-corrected chi connectivity index (χ2v) is 5.77. The van der Waals surface area contributed by atoms with Crippen LogP contribution in [0.3, 0.4) is 0 Å². The Morgan fingerprint density at radius 3 is 2.62 bits per heavy atom. The van der Waals surface area contributed by atoms with Gasteiger partial charge in [-0.25, -0.2) is 4.79 Å². The molecule has 3 rings (SSSR count). The SMILES string of the molecule is Cc1[nH]c2ccccc2c1C(=O)COC(=O)/C=C/c1ccc(C#N)cc1. The van der Waals surface area contributed by atoms with Crippen LogP contribution in [0.1, 0.15) is 27.2 Å². The highest BCUT2D eigenvalue weighted by molar-refractivity contribution is 6.10. The molecule has 0 saturated heterocycles. The van der Waals surface area contributed by atoms with Crippen LogP contribution in [-0.2, 0) is 9.53 Å². The maximum Gasteiger partial charge on any atom is 0.331 e. The molecule has 1 aromatic heterocycles. The van der Waals surface area contributed by atoms with E-state index in [1.165, 1.54) is 6.08 Å². The summed E-state index contributed by atoms with van der Waals surface area (Å²) >= 11 is 0. The van der Waals surface area contributed by atoms with Gasteiger partial charge in [-0.3, -0.25) is 4.79 Å². The Morgan fingerprint density at radius 1 is 1.15 bits per heavy atom. The second kappa shape index (κ2) is 7.49. The molecular formula is C21H16N2O3. The van der Waals surface area contributed by atoms with E-state index in [9.17, 15) is 9.59 Å². The van der Waals surface area contributed by atoms with Crippen molar-refractivity contribution in [3.05, 3.63) is 77.0 Å². The molecule has 26 heavy (non-hydrogen) atoms. The minimum Gasteiger partial charge on any atom is -0.454 e. The average Bonchev–Trinajstić information content (AvgIpc) is 3.00. The Bertz CT molecular complexity index is 1040. The van der Waals surface area contributed by atoms with Crippen LogP contribution in [0.5, 0.6) is 0 Å². The van der Waals surface area contributed by atoms with Crippen molar-refractivity contribution >= 4 is 28.7 Å². The van der Waals surface area contributed by atoms with Gasteiger partial charge in [0.15, 0.2) is 6.61 Å². The maximum absolute atomic E-state index is 12.4. The van der Waals surface area contributed by atoms with Crippen LogP contribution < -0.4 is 0 Å². The molecule has 0 bridgehead atoms. The molecule has 0 radical (unpaired) electrons. The fraction of sp³-hybridized carbons (Fsp3) is 0.0952. The van der Waals surface area contributed by atoms with E-state index in [2.05, 4.69) is 4.98 Å². The number of nitrogens with zero attached hydrogens (tertiary/aromatic N) is 1. The van der Waals surface area contributed by atoms with Gasteiger partial charge < -0.3 is 9.72 Å². The van der Waals surface area contributed by atoms with Gasteiger partial charge in [0.2, 0.25) is 5.78 Å². The summed E-state index contributed by atoms with van der Waals surface area (Å²) in [5, 5.41) is 9.57. The first-order chi connectivity index (χ1) is 12.6. The van der Waals surface area contributed by atoms with Crippen molar-refractivity contribution in [1.29, 1.82) is 5.26 Å². The number of aryl methyl sites for hydroxylation is 1. The number of fused-ring (bicyclic) bond motifs is 1. The number of ketones is 1. The number of H-pyrrole nitrogens is 1. The van der Waals surface area contributed by atoms with Crippen molar-refractivity contribution in [2.75, 3.05) is 6.61 Å². The molecule has 5 heteroatoms. The van der Waals surface area contributed by atoms with E-state index in [-0.39, 0.29) is 12.4 Å². The fourth-order valence-corrected chi connectivity index (χ4v) is 2.73. The van der Waals surface area contributed by atoms with Gasteiger partial charge in [-0.05, 0) is 36.8 Å². The van der Waals surface area contributed by atoms with Gasteiger partial charge >= 0.3 is 5.97 Å². The van der Waals surface area contributed by atoms with Crippen molar-refractivity contribution < 1.29 is 14.3 Å². The molecule has 0 fully saturated rings. The smallest absolute Gasteiger partial charge is 0.331 e. The Hall–Kier alpha value is -3.65. The van der Waals surface area contributed by atoms with Crippen LogP contribution in [0.4, 0.5) is 0 Å². The lowest BCUT2D eigenvalue weighted by Gasteiger charge is -2.02. The molecule has 0 aliphatic heterocycles. The number of hydrogen-bond acceptors (Lipinski definition) is 4. The minimum atomic E-state index is -0.597.